The number of hydrogen-bond donors (Lipinski definition) is 2. The first kappa shape index (κ1) is 10.6. The van der Waals surface area contributed by atoms with Crippen LogP contribution >= 0.6 is 0 Å². The molecule has 1 aromatic carbocycles. The van der Waals surface area contributed by atoms with E-state index in [4.69, 9.17) is 0 Å². The fourth-order valence-corrected chi connectivity index (χ4v) is 2.92. The molecule has 0 bridgehead atoms. The summed E-state index contributed by atoms with van der Waals surface area (Å²) in [6.45, 7) is 4.64. The van der Waals surface area contributed by atoms with Gasteiger partial charge in [-0.3, -0.25) is 0 Å². The van der Waals surface area contributed by atoms with Gasteiger partial charge < -0.3 is 10.6 Å². The predicted octanol–water partition coefficient (Wildman–Crippen LogP) is 2.67. The van der Waals surface area contributed by atoms with Crippen molar-refractivity contribution in [1.29, 1.82) is 0 Å². The van der Waals surface area contributed by atoms with Crippen LogP contribution < -0.4 is 10.6 Å². The second kappa shape index (κ2) is 4.38. The lowest BCUT2D eigenvalue weighted by molar-refractivity contribution is 0.441. The molecule has 0 fully saturated rings. The molecule has 1 aliphatic heterocycles. The highest BCUT2D eigenvalue weighted by Gasteiger charge is 2.36. The summed E-state index contributed by atoms with van der Waals surface area (Å²) < 4.78 is 0. The number of benzene rings is 1. The Balaban J connectivity index is 1.86. The number of rotatable bonds is 3. The molecule has 2 heteroatoms. The van der Waals surface area contributed by atoms with Crippen LogP contribution in [-0.2, 0) is 0 Å². The van der Waals surface area contributed by atoms with Crippen LogP contribution in [0.1, 0.15) is 17.9 Å². The lowest BCUT2D eigenvalue weighted by Gasteiger charge is -2.31. The third kappa shape index (κ3) is 1.79. The van der Waals surface area contributed by atoms with Gasteiger partial charge >= 0.3 is 0 Å². The van der Waals surface area contributed by atoms with Crippen molar-refractivity contribution < 1.29 is 0 Å². The van der Waals surface area contributed by atoms with E-state index in [9.17, 15) is 0 Å². The summed E-state index contributed by atoms with van der Waals surface area (Å²) in [5, 5.41) is 7.19. The Morgan fingerprint density at radius 2 is 2.29 bits per heavy atom. The van der Waals surface area contributed by atoms with Crippen molar-refractivity contribution in [2.24, 2.45) is 0 Å². The molecule has 0 radical (unpaired) electrons. The fraction of sp³-hybridized carbons (Fsp3) is 0.333. The summed E-state index contributed by atoms with van der Waals surface area (Å²) in [6, 6.07) is 9.60. The van der Waals surface area contributed by atoms with E-state index < -0.39 is 0 Å². The minimum Gasteiger partial charge on any atom is -0.380 e. The highest BCUT2D eigenvalue weighted by atomic mass is 15.1. The highest BCUT2D eigenvalue weighted by Crippen LogP contribution is 2.40. The van der Waals surface area contributed by atoms with Crippen molar-refractivity contribution in [3.8, 4) is 0 Å². The van der Waals surface area contributed by atoms with Crippen molar-refractivity contribution in [2.45, 2.75) is 24.4 Å². The lowest BCUT2D eigenvalue weighted by atomic mass is 9.84. The molecule has 1 aliphatic carbocycles. The predicted molar refractivity (Wildman–Crippen MR) is 72.3 cm³/mol. The number of fused-ring (bicyclic) bond motifs is 3. The van der Waals surface area contributed by atoms with Crippen molar-refractivity contribution in [2.75, 3.05) is 11.9 Å². The number of nitrogens with one attached hydrogen (secondary N) is 2. The zero-order valence-corrected chi connectivity index (χ0v) is 9.89. The van der Waals surface area contributed by atoms with Gasteiger partial charge in [-0.05, 0) is 18.1 Å². The van der Waals surface area contributed by atoms with Gasteiger partial charge in [0.15, 0.2) is 0 Å². The molecule has 17 heavy (non-hydrogen) atoms. The SMILES string of the molecule is C=CCNC1CC=CC2c3ccccc3NC12. The van der Waals surface area contributed by atoms with E-state index in [0.29, 0.717) is 18.0 Å². The molecule has 2 nitrogen and oxygen atoms in total. The van der Waals surface area contributed by atoms with E-state index in [2.05, 4.69) is 53.6 Å². The number of anilines is 1. The quantitative estimate of drug-likeness (QED) is 0.774. The Labute approximate surface area is 102 Å². The van der Waals surface area contributed by atoms with Gasteiger partial charge in [0.25, 0.3) is 0 Å². The summed E-state index contributed by atoms with van der Waals surface area (Å²) in [4.78, 5) is 0. The van der Waals surface area contributed by atoms with Crippen LogP contribution in [0.25, 0.3) is 0 Å². The Hall–Kier alpha value is -1.54. The van der Waals surface area contributed by atoms with Gasteiger partial charge in [0.2, 0.25) is 0 Å². The van der Waals surface area contributed by atoms with Crippen molar-refractivity contribution in [1.82, 2.24) is 5.32 Å². The Kier molecular flexibility index (Phi) is 2.73. The maximum atomic E-state index is 3.77. The third-order valence-electron chi connectivity index (χ3n) is 3.72. The lowest BCUT2D eigenvalue weighted by Crippen LogP contribution is -2.45. The molecule has 0 saturated heterocycles. The van der Waals surface area contributed by atoms with E-state index in [1.54, 1.807) is 0 Å². The molecule has 88 valence electrons. The molecular weight excluding hydrogens is 208 g/mol. The van der Waals surface area contributed by atoms with E-state index in [1.807, 2.05) is 6.08 Å². The largest absolute Gasteiger partial charge is 0.380 e. The average Bonchev–Trinajstić information content (AvgIpc) is 2.75. The molecule has 1 heterocycles. The first-order valence-electron chi connectivity index (χ1n) is 6.26. The first-order valence-corrected chi connectivity index (χ1v) is 6.26. The van der Waals surface area contributed by atoms with Crippen LogP contribution in [0.4, 0.5) is 5.69 Å². The molecule has 0 amide bonds. The van der Waals surface area contributed by atoms with E-state index >= 15 is 0 Å². The van der Waals surface area contributed by atoms with Crippen LogP contribution in [0, 0.1) is 0 Å². The Bertz CT molecular complexity index is 450. The van der Waals surface area contributed by atoms with Gasteiger partial charge in [-0.2, -0.15) is 0 Å². The minimum absolute atomic E-state index is 0.484. The van der Waals surface area contributed by atoms with E-state index in [1.165, 1.54) is 11.3 Å². The van der Waals surface area contributed by atoms with Crippen molar-refractivity contribution in [3.05, 3.63) is 54.6 Å². The maximum absolute atomic E-state index is 3.77. The Morgan fingerprint density at radius 3 is 3.18 bits per heavy atom. The van der Waals surface area contributed by atoms with Gasteiger partial charge in [-0.15, -0.1) is 6.58 Å². The standard InChI is InChI=1S/C15H18N2/c1-2-10-16-14-9-5-7-12-11-6-3-4-8-13(11)17-15(12)14/h2-8,12,14-17H,1,9-10H2. The van der Waals surface area contributed by atoms with Crippen LogP contribution in [0.5, 0.6) is 0 Å². The fourth-order valence-electron chi connectivity index (χ4n) is 2.92. The topological polar surface area (TPSA) is 24.1 Å². The molecule has 0 aromatic heterocycles. The summed E-state index contributed by atoms with van der Waals surface area (Å²) in [5.41, 5.74) is 2.72. The summed E-state index contributed by atoms with van der Waals surface area (Å²) >= 11 is 0. The normalized spacial score (nSPS) is 29.3. The molecule has 3 atom stereocenters. The second-order valence-corrected chi connectivity index (χ2v) is 4.75. The van der Waals surface area contributed by atoms with Crippen molar-refractivity contribution >= 4 is 5.69 Å². The molecule has 0 saturated carbocycles. The smallest absolute Gasteiger partial charge is 0.0521 e. The maximum Gasteiger partial charge on any atom is 0.0521 e. The minimum atomic E-state index is 0.484. The third-order valence-corrected chi connectivity index (χ3v) is 3.72. The van der Waals surface area contributed by atoms with Crippen LogP contribution in [0.3, 0.4) is 0 Å². The first-order chi connectivity index (χ1) is 8.40. The second-order valence-electron chi connectivity index (χ2n) is 4.75. The van der Waals surface area contributed by atoms with E-state index in [-0.39, 0.29) is 0 Å². The van der Waals surface area contributed by atoms with Gasteiger partial charge in [-0.1, -0.05) is 36.4 Å². The van der Waals surface area contributed by atoms with Crippen LogP contribution in [0.15, 0.2) is 49.1 Å². The van der Waals surface area contributed by atoms with Crippen molar-refractivity contribution in [3.63, 3.8) is 0 Å². The van der Waals surface area contributed by atoms with Crippen LogP contribution in [-0.4, -0.2) is 18.6 Å². The van der Waals surface area contributed by atoms with Gasteiger partial charge in [0.1, 0.15) is 0 Å². The molecule has 2 aliphatic rings. The average molecular weight is 226 g/mol. The van der Waals surface area contributed by atoms with Gasteiger partial charge in [-0.25, -0.2) is 0 Å². The highest BCUT2D eigenvalue weighted by molar-refractivity contribution is 5.61. The Morgan fingerprint density at radius 1 is 1.41 bits per heavy atom. The molecule has 2 N–H and O–H groups in total. The molecule has 0 spiro atoms. The molecule has 3 unspecified atom stereocenters. The zero-order chi connectivity index (χ0) is 11.7. The summed E-state index contributed by atoms with van der Waals surface area (Å²) in [5.74, 6) is 0.516. The number of hydrogen-bond acceptors (Lipinski definition) is 2. The van der Waals surface area contributed by atoms with Crippen LogP contribution in [0.2, 0.25) is 0 Å². The van der Waals surface area contributed by atoms with Gasteiger partial charge in [0.05, 0.1) is 6.04 Å². The van der Waals surface area contributed by atoms with E-state index in [0.717, 1.165) is 13.0 Å². The molecule has 3 rings (SSSR count). The summed E-state index contributed by atoms with van der Waals surface area (Å²) in [7, 11) is 0. The summed E-state index contributed by atoms with van der Waals surface area (Å²) in [6.07, 6.45) is 7.66. The monoisotopic (exact) mass is 226 g/mol. The van der Waals surface area contributed by atoms with Gasteiger partial charge in [0, 0.05) is 24.2 Å². The zero-order valence-electron chi connectivity index (χ0n) is 9.89. The molecular formula is C15H18N2. The number of para-hydroxylation sites is 1. The molecule has 1 aromatic rings.